The van der Waals surface area contributed by atoms with Crippen LogP contribution in [0, 0.1) is 22.7 Å². The normalized spacial score (nSPS) is 28.1. The molecule has 34 heavy (non-hydrogen) atoms. The van der Waals surface area contributed by atoms with Crippen molar-refractivity contribution in [2.75, 3.05) is 11.4 Å². The molecule has 3 fully saturated rings. The smallest absolute Gasteiger partial charge is 0.416 e. The Hall–Kier alpha value is -3.51. The maximum atomic E-state index is 12.9. The Morgan fingerprint density at radius 1 is 1.29 bits per heavy atom. The molecular weight excluding hydrogens is 432 g/mol. The molecule has 0 radical (unpaired) electrons. The lowest BCUT2D eigenvalue weighted by Gasteiger charge is -2.36. The standard InChI is InChI=1S/C25H26N6O3/c1-23(2,33)20-10-28-21(11-27-20)31-14-25(34-22(31)32)6-5-17-8-24(17,12-25)13-30-15-29-18-4-3-16(9-26)7-19(18)30/h3-4,7,10-11,15,17,33H,5-6,8,12-14H2,1-2H3/t17-,24-,25+/m0/s1. The number of amides is 1. The number of anilines is 1. The molecule has 2 aliphatic carbocycles. The number of carbonyl (C=O) groups is 1. The van der Waals surface area contributed by atoms with Crippen LogP contribution < -0.4 is 4.90 Å². The van der Waals surface area contributed by atoms with Gasteiger partial charge in [-0.25, -0.2) is 14.8 Å². The summed E-state index contributed by atoms with van der Waals surface area (Å²) in [5.41, 5.74) is 1.33. The van der Waals surface area contributed by atoms with E-state index in [0.29, 0.717) is 29.5 Å². The van der Waals surface area contributed by atoms with E-state index < -0.39 is 17.3 Å². The highest BCUT2D eigenvalue weighted by Gasteiger charge is 2.64. The number of nitrogens with zero attached hydrogens (tertiary/aromatic N) is 6. The minimum atomic E-state index is -1.10. The van der Waals surface area contributed by atoms with Crippen molar-refractivity contribution in [3.63, 3.8) is 0 Å². The summed E-state index contributed by atoms with van der Waals surface area (Å²) in [6, 6.07) is 7.77. The fraction of sp³-hybridized carbons (Fsp3) is 0.480. The Labute approximate surface area is 197 Å². The predicted octanol–water partition coefficient (Wildman–Crippen LogP) is 3.51. The summed E-state index contributed by atoms with van der Waals surface area (Å²) in [7, 11) is 0. The molecule has 9 nitrogen and oxygen atoms in total. The van der Waals surface area contributed by atoms with Crippen LogP contribution in [0.5, 0.6) is 0 Å². The summed E-state index contributed by atoms with van der Waals surface area (Å²) in [5, 5.41) is 19.4. The average molecular weight is 459 g/mol. The summed E-state index contributed by atoms with van der Waals surface area (Å²) in [6.07, 6.45) is 8.23. The number of hydrogen-bond acceptors (Lipinski definition) is 7. The van der Waals surface area contributed by atoms with Gasteiger partial charge in [-0.05, 0) is 69.1 Å². The molecule has 2 saturated carbocycles. The molecule has 1 saturated heterocycles. The van der Waals surface area contributed by atoms with Gasteiger partial charge in [0.15, 0.2) is 5.82 Å². The van der Waals surface area contributed by atoms with Gasteiger partial charge in [-0.1, -0.05) is 0 Å². The van der Waals surface area contributed by atoms with Crippen molar-refractivity contribution >= 4 is 22.9 Å². The number of benzene rings is 1. The van der Waals surface area contributed by atoms with Crippen LogP contribution in [-0.2, 0) is 16.9 Å². The fourth-order valence-electron chi connectivity index (χ4n) is 5.86. The Bertz CT molecular complexity index is 1340. The number of carbonyl (C=O) groups excluding carboxylic acids is 1. The van der Waals surface area contributed by atoms with Crippen molar-refractivity contribution in [2.45, 2.75) is 57.3 Å². The maximum absolute atomic E-state index is 12.9. The second-order valence-corrected chi connectivity index (χ2v) is 10.6. The van der Waals surface area contributed by atoms with Gasteiger partial charge in [0.1, 0.15) is 11.2 Å². The Morgan fingerprint density at radius 2 is 2.15 bits per heavy atom. The summed E-state index contributed by atoms with van der Waals surface area (Å²) >= 11 is 0. The molecule has 0 bridgehead atoms. The lowest BCUT2D eigenvalue weighted by atomic mass is 9.77. The topological polar surface area (TPSA) is 117 Å². The largest absolute Gasteiger partial charge is 0.441 e. The molecule has 9 heteroatoms. The number of imidazole rings is 1. The lowest BCUT2D eigenvalue weighted by Crippen LogP contribution is -2.41. The van der Waals surface area contributed by atoms with Gasteiger partial charge in [0.2, 0.25) is 0 Å². The molecule has 174 valence electrons. The highest BCUT2D eigenvalue weighted by molar-refractivity contribution is 5.89. The van der Waals surface area contributed by atoms with Gasteiger partial charge in [-0.15, -0.1) is 0 Å². The fourth-order valence-corrected chi connectivity index (χ4v) is 5.86. The summed E-state index contributed by atoms with van der Waals surface area (Å²) in [4.78, 5) is 27.6. The first-order chi connectivity index (χ1) is 16.2. The molecule has 3 atom stereocenters. The molecule has 1 aliphatic heterocycles. The van der Waals surface area contributed by atoms with Crippen molar-refractivity contribution in [3.05, 3.63) is 48.2 Å². The number of hydrogen-bond donors (Lipinski definition) is 1. The van der Waals surface area contributed by atoms with Crippen LogP contribution in [0.2, 0.25) is 0 Å². The number of rotatable bonds is 4. The van der Waals surface area contributed by atoms with Gasteiger partial charge < -0.3 is 14.4 Å². The minimum absolute atomic E-state index is 0.0568. The quantitative estimate of drug-likeness (QED) is 0.636. The predicted molar refractivity (Wildman–Crippen MR) is 123 cm³/mol. The highest BCUT2D eigenvalue weighted by Crippen LogP contribution is 2.65. The molecule has 1 spiro atoms. The SMILES string of the molecule is CC(C)(O)c1cnc(N2C[C@]3(CC[C@H]4C[C@@]4(Cn4cnc5ccc(C#N)cc54)C3)OC2=O)cn1. The van der Waals surface area contributed by atoms with Crippen LogP contribution in [-0.4, -0.2) is 42.9 Å². The van der Waals surface area contributed by atoms with Gasteiger partial charge in [0.25, 0.3) is 0 Å². The Morgan fingerprint density at radius 3 is 2.88 bits per heavy atom. The molecule has 3 aliphatic rings. The maximum Gasteiger partial charge on any atom is 0.416 e. The van der Waals surface area contributed by atoms with Crippen LogP contribution in [0.15, 0.2) is 36.9 Å². The van der Waals surface area contributed by atoms with E-state index in [4.69, 9.17) is 4.74 Å². The van der Waals surface area contributed by atoms with Crippen molar-refractivity contribution in [1.82, 2.24) is 19.5 Å². The number of aliphatic hydroxyl groups is 1. The summed E-state index contributed by atoms with van der Waals surface area (Å²) in [6.45, 7) is 4.53. The second kappa shape index (κ2) is 7.00. The average Bonchev–Trinajstić information content (AvgIpc) is 3.22. The third-order valence-corrected chi connectivity index (χ3v) is 7.73. The van der Waals surface area contributed by atoms with Crippen LogP contribution in [0.4, 0.5) is 10.6 Å². The molecule has 6 rings (SSSR count). The van der Waals surface area contributed by atoms with Gasteiger partial charge in [-0.2, -0.15) is 5.26 Å². The van der Waals surface area contributed by atoms with E-state index in [-0.39, 0.29) is 5.41 Å². The third-order valence-electron chi connectivity index (χ3n) is 7.73. The minimum Gasteiger partial charge on any atom is -0.441 e. The van der Waals surface area contributed by atoms with Gasteiger partial charge in [0.05, 0.1) is 53.6 Å². The summed E-state index contributed by atoms with van der Waals surface area (Å²) in [5.74, 6) is 1.04. The molecule has 2 aromatic heterocycles. The van der Waals surface area contributed by atoms with Crippen molar-refractivity contribution in [1.29, 1.82) is 5.26 Å². The third kappa shape index (κ3) is 3.32. The molecule has 0 unspecified atom stereocenters. The lowest BCUT2D eigenvalue weighted by molar-refractivity contribution is -0.000210. The van der Waals surface area contributed by atoms with Crippen LogP contribution in [0.3, 0.4) is 0 Å². The van der Waals surface area contributed by atoms with Crippen LogP contribution >= 0.6 is 0 Å². The zero-order chi connectivity index (χ0) is 23.7. The number of ether oxygens (including phenoxy) is 1. The first kappa shape index (κ1) is 21.1. The van der Waals surface area contributed by atoms with E-state index in [1.54, 1.807) is 24.8 Å². The van der Waals surface area contributed by atoms with Crippen molar-refractivity contribution in [2.24, 2.45) is 11.3 Å². The number of aromatic nitrogens is 4. The molecule has 3 aromatic rings. The van der Waals surface area contributed by atoms with E-state index in [0.717, 1.165) is 43.3 Å². The van der Waals surface area contributed by atoms with Crippen LogP contribution in [0.25, 0.3) is 11.0 Å². The second-order valence-electron chi connectivity index (χ2n) is 10.6. The highest BCUT2D eigenvalue weighted by atomic mass is 16.6. The zero-order valence-electron chi connectivity index (χ0n) is 19.2. The molecule has 1 N–H and O–H groups in total. The molecule has 3 heterocycles. The van der Waals surface area contributed by atoms with Crippen LogP contribution in [0.1, 0.15) is 50.8 Å². The monoisotopic (exact) mass is 458 g/mol. The molecule has 1 aromatic carbocycles. The van der Waals surface area contributed by atoms with E-state index >= 15 is 0 Å². The summed E-state index contributed by atoms with van der Waals surface area (Å²) < 4.78 is 8.16. The van der Waals surface area contributed by atoms with E-state index in [1.165, 1.54) is 12.4 Å². The van der Waals surface area contributed by atoms with E-state index in [9.17, 15) is 15.2 Å². The van der Waals surface area contributed by atoms with Gasteiger partial charge in [0, 0.05) is 6.54 Å². The number of nitriles is 1. The Balaban J connectivity index is 1.23. The van der Waals surface area contributed by atoms with E-state index in [2.05, 4.69) is 25.6 Å². The number of fused-ring (bicyclic) bond motifs is 2. The first-order valence-corrected chi connectivity index (χ1v) is 11.6. The Kier molecular flexibility index (Phi) is 4.33. The van der Waals surface area contributed by atoms with Crippen molar-refractivity contribution < 1.29 is 14.6 Å². The molecular formula is C25H26N6O3. The van der Waals surface area contributed by atoms with Gasteiger partial charge in [-0.3, -0.25) is 9.88 Å². The van der Waals surface area contributed by atoms with Gasteiger partial charge >= 0.3 is 6.09 Å². The molecule has 1 amide bonds. The zero-order valence-corrected chi connectivity index (χ0v) is 19.2. The van der Waals surface area contributed by atoms with Crippen molar-refractivity contribution in [3.8, 4) is 6.07 Å². The van der Waals surface area contributed by atoms with E-state index in [1.807, 2.05) is 18.5 Å². The first-order valence-electron chi connectivity index (χ1n) is 11.6.